The van der Waals surface area contributed by atoms with E-state index in [1.807, 2.05) is 31.2 Å². The van der Waals surface area contributed by atoms with E-state index in [9.17, 15) is 0 Å². The monoisotopic (exact) mass is 195 g/mol. The summed E-state index contributed by atoms with van der Waals surface area (Å²) in [5.74, 6) is 0.789. The molecule has 0 heterocycles. The average Bonchev–Trinajstić information content (AvgIpc) is 2.18. The Morgan fingerprint density at radius 1 is 1.50 bits per heavy atom. The van der Waals surface area contributed by atoms with Gasteiger partial charge in [-0.25, -0.2) is 0 Å². The molecule has 0 radical (unpaired) electrons. The third kappa shape index (κ3) is 3.36. The van der Waals surface area contributed by atoms with Gasteiger partial charge in [-0.3, -0.25) is 0 Å². The smallest absolute Gasteiger partial charge is 0.120 e. The number of aliphatic hydroxyl groups excluding tert-OH is 1. The molecule has 1 rings (SSSR count). The maximum absolute atomic E-state index is 8.92. The van der Waals surface area contributed by atoms with E-state index < -0.39 is 0 Å². The van der Waals surface area contributed by atoms with Crippen LogP contribution in [0, 0.1) is 0 Å². The maximum atomic E-state index is 8.92. The predicted molar refractivity (Wildman–Crippen MR) is 56.1 cm³/mol. The zero-order valence-corrected chi connectivity index (χ0v) is 8.44. The largest absolute Gasteiger partial charge is 0.491 e. The molecule has 0 saturated carbocycles. The van der Waals surface area contributed by atoms with Crippen LogP contribution in [0.25, 0.3) is 0 Å². The van der Waals surface area contributed by atoms with Crippen molar-refractivity contribution >= 4 is 0 Å². The van der Waals surface area contributed by atoms with Gasteiger partial charge >= 0.3 is 0 Å². The lowest BCUT2D eigenvalue weighted by Crippen LogP contribution is -2.16. The Hall–Kier alpha value is -1.06. The molecule has 14 heavy (non-hydrogen) atoms. The van der Waals surface area contributed by atoms with E-state index in [-0.39, 0.29) is 12.7 Å². The van der Waals surface area contributed by atoms with E-state index in [1.165, 1.54) is 0 Å². The molecular formula is C11H17NO2. The standard InChI is InChI=1S/C11H17NO2/c1-9(5-6-12)14-11-4-2-3-10(7-11)8-13/h2-4,7,9,13H,5-6,8,12H2,1H3. The SMILES string of the molecule is CC(CCN)Oc1cccc(CO)c1. The van der Waals surface area contributed by atoms with Crippen molar-refractivity contribution in [2.75, 3.05) is 6.54 Å². The highest BCUT2D eigenvalue weighted by Crippen LogP contribution is 2.15. The van der Waals surface area contributed by atoms with Crippen LogP contribution in [0.5, 0.6) is 5.75 Å². The molecule has 0 fully saturated rings. The molecule has 3 heteroatoms. The van der Waals surface area contributed by atoms with Crippen LogP contribution in [0.15, 0.2) is 24.3 Å². The third-order valence-corrected chi connectivity index (χ3v) is 1.99. The molecule has 0 aliphatic carbocycles. The molecule has 1 aromatic rings. The number of rotatable bonds is 5. The molecule has 0 aliphatic heterocycles. The minimum absolute atomic E-state index is 0.0441. The summed E-state index contributed by atoms with van der Waals surface area (Å²) in [5, 5.41) is 8.92. The Labute approximate surface area is 84.5 Å². The van der Waals surface area contributed by atoms with Gasteiger partial charge < -0.3 is 15.6 Å². The van der Waals surface area contributed by atoms with Crippen LogP contribution in [0.4, 0.5) is 0 Å². The zero-order chi connectivity index (χ0) is 10.4. The summed E-state index contributed by atoms with van der Waals surface area (Å²) in [5.41, 5.74) is 6.28. The molecule has 3 N–H and O–H groups in total. The average molecular weight is 195 g/mol. The van der Waals surface area contributed by atoms with Crippen molar-refractivity contribution in [2.45, 2.75) is 26.1 Å². The fraction of sp³-hybridized carbons (Fsp3) is 0.455. The Bertz CT molecular complexity index is 276. The fourth-order valence-electron chi connectivity index (χ4n) is 1.24. The molecule has 1 aromatic carbocycles. The quantitative estimate of drug-likeness (QED) is 0.744. The van der Waals surface area contributed by atoms with Crippen LogP contribution in [0.3, 0.4) is 0 Å². The second-order valence-electron chi connectivity index (χ2n) is 3.31. The van der Waals surface area contributed by atoms with Gasteiger partial charge in [0.25, 0.3) is 0 Å². The first-order chi connectivity index (χ1) is 6.76. The van der Waals surface area contributed by atoms with E-state index in [0.29, 0.717) is 6.54 Å². The Kier molecular flexibility index (Phi) is 4.43. The molecule has 0 spiro atoms. The minimum Gasteiger partial charge on any atom is -0.491 e. The number of aliphatic hydroxyl groups is 1. The van der Waals surface area contributed by atoms with Crippen molar-refractivity contribution in [3.63, 3.8) is 0 Å². The van der Waals surface area contributed by atoms with Gasteiger partial charge in [0.2, 0.25) is 0 Å². The first-order valence-corrected chi connectivity index (χ1v) is 4.82. The molecular weight excluding hydrogens is 178 g/mol. The van der Waals surface area contributed by atoms with Crippen LogP contribution >= 0.6 is 0 Å². The Morgan fingerprint density at radius 3 is 2.93 bits per heavy atom. The summed E-state index contributed by atoms with van der Waals surface area (Å²) >= 11 is 0. The van der Waals surface area contributed by atoms with Crippen LogP contribution < -0.4 is 10.5 Å². The van der Waals surface area contributed by atoms with Crippen molar-refractivity contribution in [3.05, 3.63) is 29.8 Å². The number of nitrogens with two attached hydrogens (primary N) is 1. The predicted octanol–water partition coefficient (Wildman–Crippen LogP) is 1.29. The van der Waals surface area contributed by atoms with Crippen molar-refractivity contribution in [2.24, 2.45) is 5.73 Å². The van der Waals surface area contributed by atoms with Crippen LogP contribution in [0.1, 0.15) is 18.9 Å². The molecule has 1 unspecified atom stereocenters. The van der Waals surface area contributed by atoms with Crippen molar-refractivity contribution in [1.29, 1.82) is 0 Å². The number of hydrogen-bond donors (Lipinski definition) is 2. The lowest BCUT2D eigenvalue weighted by Gasteiger charge is -2.13. The molecule has 0 saturated heterocycles. The highest BCUT2D eigenvalue weighted by Gasteiger charge is 2.02. The van der Waals surface area contributed by atoms with Gasteiger partial charge in [0.1, 0.15) is 5.75 Å². The summed E-state index contributed by atoms with van der Waals surface area (Å²) in [7, 11) is 0. The van der Waals surface area contributed by atoms with Crippen molar-refractivity contribution < 1.29 is 9.84 Å². The highest BCUT2D eigenvalue weighted by atomic mass is 16.5. The third-order valence-electron chi connectivity index (χ3n) is 1.99. The molecule has 0 amide bonds. The molecule has 78 valence electrons. The van der Waals surface area contributed by atoms with Gasteiger partial charge in [-0.15, -0.1) is 0 Å². The zero-order valence-electron chi connectivity index (χ0n) is 8.44. The van der Waals surface area contributed by atoms with Crippen LogP contribution in [0.2, 0.25) is 0 Å². The molecule has 1 atom stereocenters. The molecule has 0 aliphatic rings. The van der Waals surface area contributed by atoms with Gasteiger partial charge in [-0.1, -0.05) is 12.1 Å². The van der Waals surface area contributed by atoms with Crippen molar-refractivity contribution in [1.82, 2.24) is 0 Å². The molecule has 0 aromatic heterocycles. The number of ether oxygens (including phenoxy) is 1. The highest BCUT2D eigenvalue weighted by molar-refractivity contribution is 5.28. The van der Waals surface area contributed by atoms with E-state index >= 15 is 0 Å². The van der Waals surface area contributed by atoms with Crippen LogP contribution in [-0.4, -0.2) is 17.8 Å². The fourth-order valence-corrected chi connectivity index (χ4v) is 1.24. The van der Waals surface area contributed by atoms with Crippen molar-refractivity contribution in [3.8, 4) is 5.75 Å². The Morgan fingerprint density at radius 2 is 2.29 bits per heavy atom. The van der Waals surface area contributed by atoms with E-state index in [0.717, 1.165) is 17.7 Å². The number of hydrogen-bond acceptors (Lipinski definition) is 3. The van der Waals surface area contributed by atoms with E-state index in [1.54, 1.807) is 0 Å². The van der Waals surface area contributed by atoms with E-state index in [2.05, 4.69) is 0 Å². The van der Waals surface area contributed by atoms with E-state index in [4.69, 9.17) is 15.6 Å². The summed E-state index contributed by atoms with van der Waals surface area (Å²) < 4.78 is 5.61. The van der Waals surface area contributed by atoms with Gasteiger partial charge in [0.05, 0.1) is 12.7 Å². The van der Waals surface area contributed by atoms with Gasteiger partial charge in [0.15, 0.2) is 0 Å². The Balaban J connectivity index is 2.57. The summed E-state index contributed by atoms with van der Waals surface area (Å²) in [6.45, 7) is 2.65. The second kappa shape index (κ2) is 5.62. The first-order valence-electron chi connectivity index (χ1n) is 4.82. The first kappa shape index (κ1) is 11.0. The minimum atomic E-state index is 0.0441. The van der Waals surface area contributed by atoms with Gasteiger partial charge in [0, 0.05) is 0 Å². The normalized spacial score (nSPS) is 12.5. The summed E-state index contributed by atoms with van der Waals surface area (Å²) in [6, 6.07) is 7.45. The van der Waals surface area contributed by atoms with Crippen LogP contribution in [-0.2, 0) is 6.61 Å². The van der Waals surface area contributed by atoms with Gasteiger partial charge in [-0.05, 0) is 37.6 Å². The summed E-state index contributed by atoms with van der Waals surface area (Å²) in [4.78, 5) is 0. The molecule has 3 nitrogen and oxygen atoms in total. The second-order valence-corrected chi connectivity index (χ2v) is 3.31. The topological polar surface area (TPSA) is 55.5 Å². The lowest BCUT2D eigenvalue weighted by molar-refractivity contribution is 0.212. The summed E-state index contributed by atoms with van der Waals surface area (Å²) in [6.07, 6.45) is 0.956. The lowest BCUT2D eigenvalue weighted by atomic mass is 10.2. The van der Waals surface area contributed by atoms with Gasteiger partial charge in [-0.2, -0.15) is 0 Å². The maximum Gasteiger partial charge on any atom is 0.120 e. The number of benzene rings is 1. The molecule has 0 bridgehead atoms.